The predicted molar refractivity (Wildman–Crippen MR) is 82.5 cm³/mol. The standard InChI is InChI=1S/C17H14Cl2O/c18-14-7-4-8-15(19)13(14)11-16(20)17(9-10-17)12-5-2-1-3-6-12/h1-8H,9-11H2. The quantitative estimate of drug-likeness (QED) is 0.790. The van der Waals surface area contributed by atoms with E-state index in [0.717, 1.165) is 24.0 Å². The first-order chi connectivity index (χ1) is 9.63. The Kier molecular flexibility index (Phi) is 3.57. The van der Waals surface area contributed by atoms with Crippen LogP contribution in [0.2, 0.25) is 10.0 Å². The largest absolute Gasteiger partial charge is 0.298 e. The lowest BCUT2D eigenvalue weighted by Crippen LogP contribution is -2.22. The highest BCUT2D eigenvalue weighted by atomic mass is 35.5. The van der Waals surface area contributed by atoms with Gasteiger partial charge in [-0.3, -0.25) is 4.79 Å². The molecular formula is C17H14Cl2O. The molecule has 0 unspecified atom stereocenters. The van der Waals surface area contributed by atoms with Crippen LogP contribution in [-0.2, 0) is 16.6 Å². The van der Waals surface area contributed by atoms with Gasteiger partial charge < -0.3 is 0 Å². The van der Waals surface area contributed by atoms with E-state index in [9.17, 15) is 4.79 Å². The van der Waals surface area contributed by atoms with Crippen molar-refractivity contribution >= 4 is 29.0 Å². The molecule has 1 aliphatic rings. The van der Waals surface area contributed by atoms with E-state index in [1.165, 1.54) is 0 Å². The van der Waals surface area contributed by atoms with Gasteiger partial charge in [-0.1, -0.05) is 59.6 Å². The third-order valence-electron chi connectivity index (χ3n) is 4.01. The highest BCUT2D eigenvalue weighted by Crippen LogP contribution is 2.49. The van der Waals surface area contributed by atoms with E-state index in [2.05, 4.69) is 0 Å². The zero-order chi connectivity index (χ0) is 14.2. The fourth-order valence-corrected chi connectivity index (χ4v) is 3.17. The number of rotatable bonds is 4. The van der Waals surface area contributed by atoms with Gasteiger partial charge in [0.25, 0.3) is 0 Å². The Labute approximate surface area is 128 Å². The third kappa shape index (κ3) is 2.36. The molecule has 0 aromatic heterocycles. The first-order valence-electron chi connectivity index (χ1n) is 6.65. The van der Waals surface area contributed by atoms with Gasteiger partial charge >= 0.3 is 0 Å². The van der Waals surface area contributed by atoms with E-state index in [0.29, 0.717) is 16.5 Å². The van der Waals surface area contributed by atoms with Gasteiger partial charge in [0.05, 0.1) is 5.41 Å². The van der Waals surface area contributed by atoms with Crippen molar-refractivity contribution in [2.24, 2.45) is 0 Å². The second kappa shape index (κ2) is 5.23. The molecule has 0 atom stereocenters. The summed E-state index contributed by atoms with van der Waals surface area (Å²) >= 11 is 12.3. The van der Waals surface area contributed by atoms with Gasteiger partial charge in [0.2, 0.25) is 0 Å². The average Bonchev–Trinajstić information content (AvgIpc) is 3.25. The molecule has 3 rings (SSSR count). The number of halogens is 2. The molecule has 1 aliphatic carbocycles. The van der Waals surface area contributed by atoms with Crippen molar-refractivity contribution in [3.05, 3.63) is 69.7 Å². The van der Waals surface area contributed by atoms with Crippen molar-refractivity contribution in [1.29, 1.82) is 0 Å². The topological polar surface area (TPSA) is 17.1 Å². The van der Waals surface area contributed by atoms with Crippen LogP contribution in [0.25, 0.3) is 0 Å². The van der Waals surface area contributed by atoms with Gasteiger partial charge in [0, 0.05) is 16.5 Å². The van der Waals surface area contributed by atoms with Gasteiger partial charge in [-0.05, 0) is 36.1 Å². The molecule has 1 nitrogen and oxygen atoms in total. The van der Waals surface area contributed by atoms with E-state index in [1.54, 1.807) is 18.2 Å². The second-order valence-electron chi connectivity index (χ2n) is 5.25. The molecule has 102 valence electrons. The zero-order valence-electron chi connectivity index (χ0n) is 10.9. The molecule has 0 saturated heterocycles. The van der Waals surface area contributed by atoms with Gasteiger partial charge in [-0.15, -0.1) is 0 Å². The second-order valence-corrected chi connectivity index (χ2v) is 6.06. The van der Waals surface area contributed by atoms with Crippen LogP contribution < -0.4 is 0 Å². The Morgan fingerprint density at radius 1 is 0.950 bits per heavy atom. The van der Waals surface area contributed by atoms with Crippen molar-refractivity contribution in [3.8, 4) is 0 Å². The number of hydrogen-bond acceptors (Lipinski definition) is 1. The fraction of sp³-hybridized carbons (Fsp3) is 0.235. The normalized spacial score (nSPS) is 15.9. The smallest absolute Gasteiger partial charge is 0.147 e. The number of hydrogen-bond donors (Lipinski definition) is 0. The first-order valence-corrected chi connectivity index (χ1v) is 7.41. The molecule has 0 bridgehead atoms. The molecule has 1 saturated carbocycles. The summed E-state index contributed by atoms with van der Waals surface area (Å²) in [5.41, 5.74) is 1.53. The monoisotopic (exact) mass is 304 g/mol. The average molecular weight is 305 g/mol. The van der Waals surface area contributed by atoms with Crippen LogP contribution in [0, 0.1) is 0 Å². The molecule has 1 fully saturated rings. The zero-order valence-corrected chi connectivity index (χ0v) is 12.4. The Balaban J connectivity index is 1.88. The maximum atomic E-state index is 12.7. The number of carbonyl (C=O) groups is 1. The molecule has 20 heavy (non-hydrogen) atoms. The molecule has 0 radical (unpaired) electrons. The minimum Gasteiger partial charge on any atom is -0.298 e. The Morgan fingerprint density at radius 3 is 2.10 bits per heavy atom. The van der Waals surface area contributed by atoms with Crippen molar-refractivity contribution in [2.75, 3.05) is 0 Å². The predicted octanol–water partition coefficient (Wildman–Crippen LogP) is 4.84. The number of Topliss-reactive ketones (excluding diaryl/α,β-unsaturated/α-hetero) is 1. The molecule has 0 heterocycles. The third-order valence-corrected chi connectivity index (χ3v) is 4.72. The fourth-order valence-electron chi connectivity index (χ4n) is 2.64. The van der Waals surface area contributed by atoms with Crippen molar-refractivity contribution in [3.63, 3.8) is 0 Å². The van der Waals surface area contributed by atoms with Crippen LogP contribution in [-0.4, -0.2) is 5.78 Å². The molecule has 2 aromatic rings. The maximum absolute atomic E-state index is 12.7. The Morgan fingerprint density at radius 2 is 1.55 bits per heavy atom. The first kappa shape index (κ1) is 13.7. The van der Waals surface area contributed by atoms with Crippen LogP contribution in [0.4, 0.5) is 0 Å². The van der Waals surface area contributed by atoms with Gasteiger partial charge in [0.1, 0.15) is 5.78 Å². The van der Waals surface area contributed by atoms with Gasteiger partial charge in [-0.2, -0.15) is 0 Å². The van der Waals surface area contributed by atoms with Gasteiger partial charge in [-0.25, -0.2) is 0 Å². The lowest BCUT2D eigenvalue weighted by Gasteiger charge is -2.15. The van der Waals surface area contributed by atoms with E-state index in [-0.39, 0.29) is 11.2 Å². The number of carbonyl (C=O) groups excluding carboxylic acids is 1. The molecule has 2 aromatic carbocycles. The summed E-state index contributed by atoms with van der Waals surface area (Å²) in [4.78, 5) is 12.7. The highest BCUT2D eigenvalue weighted by molar-refractivity contribution is 6.36. The summed E-state index contributed by atoms with van der Waals surface area (Å²) in [7, 11) is 0. The Bertz CT molecular complexity index is 625. The van der Waals surface area contributed by atoms with Crippen LogP contribution in [0.15, 0.2) is 48.5 Å². The summed E-state index contributed by atoms with van der Waals surface area (Å²) < 4.78 is 0. The van der Waals surface area contributed by atoms with Crippen LogP contribution in [0.5, 0.6) is 0 Å². The minimum atomic E-state index is -0.316. The lowest BCUT2D eigenvalue weighted by atomic mass is 9.88. The van der Waals surface area contributed by atoms with Crippen molar-refractivity contribution < 1.29 is 4.79 Å². The Hall–Kier alpha value is -1.31. The van der Waals surface area contributed by atoms with E-state index in [1.807, 2.05) is 30.3 Å². The summed E-state index contributed by atoms with van der Waals surface area (Å²) in [6.07, 6.45) is 2.13. The van der Waals surface area contributed by atoms with Crippen molar-refractivity contribution in [2.45, 2.75) is 24.7 Å². The summed E-state index contributed by atoms with van der Waals surface area (Å²) in [5.74, 6) is 0.207. The molecule has 0 N–H and O–H groups in total. The summed E-state index contributed by atoms with van der Waals surface area (Å²) in [6.45, 7) is 0. The molecule has 3 heteroatoms. The summed E-state index contributed by atoms with van der Waals surface area (Å²) in [5, 5.41) is 1.13. The van der Waals surface area contributed by atoms with E-state index in [4.69, 9.17) is 23.2 Å². The summed E-state index contributed by atoms with van der Waals surface area (Å²) in [6, 6.07) is 15.3. The SMILES string of the molecule is O=C(Cc1c(Cl)cccc1Cl)C1(c2ccccc2)CC1. The van der Waals surface area contributed by atoms with Crippen LogP contribution in [0.1, 0.15) is 24.0 Å². The molecule has 0 aliphatic heterocycles. The van der Waals surface area contributed by atoms with Crippen LogP contribution >= 0.6 is 23.2 Å². The molecular weight excluding hydrogens is 291 g/mol. The number of ketones is 1. The van der Waals surface area contributed by atoms with Crippen molar-refractivity contribution in [1.82, 2.24) is 0 Å². The van der Waals surface area contributed by atoms with E-state index < -0.39 is 0 Å². The highest BCUT2D eigenvalue weighted by Gasteiger charge is 2.50. The minimum absolute atomic E-state index is 0.207. The maximum Gasteiger partial charge on any atom is 0.147 e. The lowest BCUT2D eigenvalue weighted by molar-refractivity contribution is -0.120. The molecule has 0 spiro atoms. The van der Waals surface area contributed by atoms with Gasteiger partial charge in [0.15, 0.2) is 0 Å². The molecule has 0 amide bonds. The van der Waals surface area contributed by atoms with E-state index >= 15 is 0 Å². The number of benzene rings is 2. The van der Waals surface area contributed by atoms with Crippen LogP contribution in [0.3, 0.4) is 0 Å².